The summed E-state index contributed by atoms with van der Waals surface area (Å²) in [6.07, 6.45) is 5.71. The predicted octanol–water partition coefficient (Wildman–Crippen LogP) is 2.83. The van der Waals surface area contributed by atoms with Crippen molar-refractivity contribution in [3.63, 3.8) is 0 Å². The number of alkyl halides is 1. The highest BCUT2D eigenvalue weighted by molar-refractivity contribution is 9.09. The molecule has 2 saturated heterocycles. The van der Waals surface area contributed by atoms with Crippen LogP contribution in [0.2, 0.25) is 0 Å². The van der Waals surface area contributed by atoms with Gasteiger partial charge in [-0.15, -0.1) is 0 Å². The largest absolute Gasteiger partial charge is 0.303 e. The summed E-state index contributed by atoms with van der Waals surface area (Å²) in [5.74, 6) is 1.77. The van der Waals surface area contributed by atoms with Crippen molar-refractivity contribution in [1.82, 2.24) is 9.80 Å². The first-order valence-corrected chi connectivity index (χ1v) is 8.40. The fraction of sp³-hybridized carbons (Fsp3) is 1.00. The van der Waals surface area contributed by atoms with Gasteiger partial charge in [0.1, 0.15) is 0 Å². The lowest BCUT2D eigenvalue weighted by molar-refractivity contribution is 0.144. The molecule has 0 aromatic heterocycles. The molecule has 2 fully saturated rings. The summed E-state index contributed by atoms with van der Waals surface area (Å²) in [6, 6.07) is 0. The Morgan fingerprint density at radius 2 is 1.71 bits per heavy atom. The van der Waals surface area contributed by atoms with Gasteiger partial charge in [-0.05, 0) is 63.7 Å². The molecular formula is C14H27BrN2. The van der Waals surface area contributed by atoms with Gasteiger partial charge in [-0.2, -0.15) is 0 Å². The normalized spacial score (nSPS) is 26.5. The fourth-order valence-corrected chi connectivity index (χ4v) is 3.38. The lowest BCUT2D eigenvalue weighted by atomic mass is 9.95. The van der Waals surface area contributed by atoms with Crippen molar-refractivity contribution < 1.29 is 0 Å². The minimum atomic E-state index is 0.796. The van der Waals surface area contributed by atoms with Crippen molar-refractivity contribution in [2.75, 3.05) is 44.6 Å². The van der Waals surface area contributed by atoms with Crippen LogP contribution in [-0.4, -0.2) is 54.4 Å². The van der Waals surface area contributed by atoms with E-state index >= 15 is 0 Å². The van der Waals surface area contributed by atoms with Crippen LogP contribution in [0.1, 0.15) is 32.6 Å². The second-order valence-corrected chi connectivity index (χ2v) is 6.66. The summed E-state index contributed by atoms with van der Waals surface area (Å²) in [7, 11) is 0. The molecule has 17 heavy (non-hydrogen) atoms. The molecule has 0 aliphatic carbocycles. The number of halogens is 1. The second kappa shape index (κ2) is 7.10. The van der Waals surface area contributed by atoms with Gasteiger partial charge in [0.2, 0.25) is 0 Å². The molecule has 0 spiro atoms. The molecule has 0 bridgehead atoms. The third-order valence-corrected chi connectivity index (χ3v) is 5.36. The second-order valence-electron chi connectivity index (χ2n) is 6.01. The van der Waals surface area contributed by atoms with Gasteiger partial charge < -0.3 is 9.80 Å². The molecule has 0 amide bonds. The molecule has 0 saturated carbocycles. The maximum Gasteiger partial charge on any atom is 0.00692 e. The highest BCUT2D eigenvalue weighted by Gasteiger charge is 2.23. The number of likely N-dealkylation sites (tertiary alicyclic amines) is 2. The van der Waals surface area contributed by atoms with Crippen molar-refractivity contribution in [2.24, 2.45) is 11.8 Å². The SMILES string of the molecule is CC(CBr)CN1CCC(CN2CCCC2)CC1. The van der Waals surface area contributed by atoms with Crippen LogP contribution in [-0.2, 0) is 0 Å². The van der Waals surface area contributed by atoms with Crippen LogP contribution in [0.25, 0.3) is 0 Å². The molecule has 2 heterocycles. The average molecular weight is 303 g/mol. The third-order valence-electron chi connectivity index (χ3n) is 4.26. The van der Waals surface area contributed by atoms with Crippen molar-refractivity contribution in [3.05, 3.63) is 0 Å². The third kappa shape index (κ3) is 4.53. The first-order chi connectivity index (χ1) is 8.28. The Kier molecular flexibility index (Phi) is 5.78. The molecule has 2 aliphatic rings. The summed E-state index contributed by atoms with van der Waals surface area (Å²) in [5, 5.41) is 1.14. The number of nitrogens with zero attached hydrogens (tertiary/aromatic N) is 2. The maximum absolute atomic E-state index is 3.58. The van der Waals surface area contributed by atoms with E-state index in [4.69, 9.17) is 0 Å². The topological polar surface area (TPSA) is 6.48 Å². The summed E-state index contributed by atoms with van der Waals surface area (Å²) in [6.45, 7) is 10.4. The zero-order chi connectivity index (χ0) is 12.1. The van der Waals surface area contributed by atoms with Crippen LogP contribution in [0, 0.1) is 11.8 Å². The maximum atomic E-state index is 3.58. The molecule has 1 unspecified atom stereocenters. The van der Waals surface area contributed by atoms with E-state index in [1.165, 1.54) is 65.0 Å². The smallest absolute Gasteiger partial charge is 0.00692 e. The van der Waals surface area contributed by atoms with Gasteiger partial charge in [-0.25, -0.2) is 0 Å². The highest BCUT2D eigenvalue weighted by Crippen LogP contribution is 2.21. The number of hydrogen-bond acceptors (Lipinski definition) is 2. The molecular weight excluding hydrogens is 276 g/mol. The van der Waals surface area contributed by atoms with Crippen LogP contribution in [0.5, 0.6) is 0 Å². The van der Waals surface area contributed by atoms with Crippen LogP contribution in [0.4, 0.5) is 0 Å². The van der Waals surface area contributed by atoms with E-state index in [-0.39, 0.29) is 0 Å². The average Bonchev–Trinajstić information content (AvgIpc) is 2.84. The molecule has 2 aliphatic heterocycles. The van der Waals surface area contributed by atoms with E-state index in [1.54, 1.807) is 0 Å². The highest BCUT2D eigenvalue weighted by atomic mass is 79.9. The number of hydrogen-bond donors (Lipinski definition) is 0. The van der Waals surface area contributed by atoms with E-state index < -0.39 is 0 Å². The van der Waals surface area contributed by atoms with E-state index in [0.29, 0.717) is 0 Å². The zero-order valence-electron chi connectivity index (χ0n) is 11.2. The molecule has 1 atom stereocenters. The summed E-state index contributed by atoms with van der Waals surface area (Å²) in [5.41, 5.74) is 0. The van der Waals surface area contributed by atoms with Crippen LogP contribution >= 0.6 is 15.9 Å². The van der Waals surface area contributed by atoms with Crippen LogP contribution in [0.3, 0.4) is 0 Å². The van der Waals surface area contributed by atoms with Gasteiger partial charge in [-0.3, -0.25) is 0 Å². The summed E-state index contributed by atoms with van der Waals surface area (Å²) in [4.78, 5) is 5.34. The van der Waals surface area contributed by atoms with E-state index in [1.807, 2.05) is 0 Å². The van der Waals surface area contributed by atoms with E-state index in [0.717, 1.165) is 17.2 Å². The van der Waals surface area contributed by atoms with Crippen molar-refractivity contribution in [3.8, 4) is 0 Å². The monoisotopic (exact) mass is 302 g/mol. The van der Waals surface area contributed by atoms with Crippen molar-refractivity contribution in [2.45, 2.75) is 32.6 Å². The number of rotatable bonds is 5. The Labute approximate surface area is 115 Å². The van der Waals surface area contributed by atoms with Gasteiger partial charge in [0.15, 0.2) is 0 Å². The minimum absolute atomic E-state index is 0.796. The minimum Gasteiger partial charge on any atom is -0.303 e. The molecule has 2 nitrogen and oxygen atoms in total. The Balaban J connectivity index is 1.63. The standard InChI is InChI=1S/C14H27BrN2/c1-13(10-15)11-17-8-4-14(5-9-17)12-16-6-2-3-7-16/h13-14H,2-12H2,1H3. The Hall–Kier alpha value is 0.400. The molecule has 0 radical (unpaired) electrons. The lowest BCUT2D eigenvalue weighted by Crippen LogP contribution is -2.40. The fourth-order valence-electron chi connectivity index (χ4n) is 3.17. The van der Waals surface area contributed by atoms with E-state index in [9.17, 15) is 0 Å². The van der Waals surface area contributed by atoms with Crippen LogP contribution in [0.15, 0.2) is 0 Å². The van der Waals surface area contributed by atoms with Crippen molar-refractivity contribution in [1.29, 1.82) is 0 Å². The Morgan fingerprint density at radius 1 is 1.06 bits per heavy atom. The Bertz CT molecular complexity index is 208. The van der Waals surface area contributed by atoms with Gasteiger partial charge >= 0.3 is 0 Å². The first-order valence-electron chi connectivity index (χ1n) is 7.28. The zero-order valence-corrected chi connectivity index (χ0v) is 12.8. The van der Waals surface area contributed by atoms with Gasteiger partial charge in [-0.1, -0.05) is 22.9 Å². The van der Waals surface area contributed by atoms with Gasteiger partial charge in [0.25, 0.3) is 0 Å². The first kappa shape index (κ1) is 13.8. The summed E-state index contributed by atoms with van der Waals surface area (Å²) >= 11 is 3.58. The molecule has 2 rings (SSSR count). The van der Waals surface area contributed by atoms with Gasteiger partial charge in [0, 0.05) is 18.4 Å². The van der Waals surface area contributed by atoms with E-state index in [2.05, 4.69) is 32.7 Å². The molecule has 0 N–H and O–H groups in total. The summed E-state index contributed by atoms with van der Waals surface area (Å²) < 4.78 is 0. The van der Waals surface area contributed by atoms with Gasteiger partial charge in [0.05, 0.1) is 0 Å². The Morgan fingerprint density at radius 3 is 2.29 bits per heavy atom. The van der Waals surface area contributed by atoms with Crippen LogP contribution < -0.4 is 0 Å². The lowest BCUT2D eigenvalue weighted by Gasteiger charge is -2.34. The number of piperidine rings is 1. The molecule has 0 aromatic rings. The van der Waals surface area contributed by atoms with Crippen molar-refractivity contribution >= 4 is 15.9 Å². The molecule has 0 aromatic carbocycles. The predicted molar refractivity (Wildman–Crippen MR) is 77.8 cm³/mol. The quantitative estimate of drug-likeness (QED) is 0.721. The molecule has 3 heteroatoms. The molecule has 100 valence electrons.